The highest BCUT2D eigenvalue weighted by Gasteiger charge is 2.38. The molecule has 1 aromatic rings. The molecule has 0 aromatic heterocycles. The number of benzene rings is 1. The molecule has 3 heterocycles. The summed E-state index contributed by atoms with van der Waals surface area (Å²) in [5, 5.41) is 9.68. The number of hydrogen-bond acceptors (Lipinski definition) is 6. The molecule has 0 spiro atoms. The summed E-state index contributed by atoms with van der Waals surface area (Å²) in [6, 6.07) is 6.75. The molecular weight excluding hydrogens is 326 g/mol. The van der Waals surface area contributed by atoms with E-state index in [0.717, 1.165) is 43.3 Å². The molecule has 3 aliphatic heterocycles. The van der Waals surface area contributed by atoms with Crippen molar-refractivity contribution in [2.75, 3.05) is 25.9 Å². The fraction of sp³-hybridized carbons (Fsp3) is 0.421. The van der Waals surface area contributed by atoms with Gasteiger partial charge in [0, 0.05) is 43.8 Å². The van der Waals surface area contributed by atoms with Gasteiger partial charge in [0.15, 0.2) is 11.7 Å². The first-order valence-electron chi connectivity index (χ1n) is 9.14. The van der Waals surface area contributed by atoms with Crippen LogP contribution in [0.2, 0.25) is 0 Å². The van der Waals surface area contributed by atoms with E-state index in [9.17, 15) is 0 Å². The predicted octanol–water partition coefficient (Wildman–Crippen LogP) is 0.839. The number of nitrogens with two attached hydrogens (primary N) is 1. The van der Waals surface area contributed by atoms with E-state index in [4.69, 9.17) is 15.7 Å². The van der Waals surface area contributed by atoms with Gasteiger partial charge < -0.3 is 16.0 Å². The molecular formula is C19H23N7. The lowest BCUT2D eigenvalue weighted by Crippen LogP contribution is -2.48. The van der Waals surface area contributed by atoms with Crippen molar-refractivity contribution in [3.8, 4) is 0 Å². The molecule has 3 N–H and O–H groups in total. The Hall–Kier alpha value is -2.83. The van der Waals surface area contributed by atoms with Crippen molar-refractivity contribution < 1.29 is 0 Å². The van der Waals surface area contributed by atoms with E-state index in [1.165, 1.54) is 11.1 Å². The van der Waals surface area contributed by atoms with E-state index in [1.54, 1.807) is 0 Å². The molecule has 0 bridgehead atoms. The van der Waals surface area contributed by atoms with E-state index >= 15 is 0 Å². The van der Waals surface area contributed by atoms with Crippen LogP contribution in [0.25, 0.3) is 0 Å². The topological polar surface area (TPSA) is 81.6 Å². The highest BCUT2D eigenvalue weighted by molar-refractivity contribution is 6.41. The summed E-state index contributed by atoms with van der Waals surface area (Å²) in [5.41, 5.74) is 9.42. The van der Waals surface area contributed by atoms with Crippen LogP contribution in [-0.4, -0.2) is 60.0 Å². The number of aliphatic imine (C=N–C) groups is 2. The third kappa shape index (κ3) is 2.55. The van der Waals surface area contributed by atoms with Crippen molar-refractivity contribution in [1.82, 2.24) is 15.2 Å². The van der Waals surface area contributed by atoms with Crippen LogP contribution in [-0.2, 0) is 12.8 Å². The largest absolute Gasteiger partial charge is 0.399 e. The van der Waals surface area contributed by atoms with Crippen LogP contribution in [0.4, 0.5) is 5.69 Å². The normalized spacial score (nSPS) is 30.6. The Morgan fingerprint density at radius 3 is 3.00 bits per heavy atom. The predicted molar refractivity (Wildman–Crippen MR) is 104 cm³/mol. The minimum Gasteiger partial charge on any atom is -0.399 e. The summed E-state index contributed by atoms with van der Waals surface area (Å²) < 4.78 is 0. The smallest absolute Gasteiger partial charge is 0.171 e. The Morgan fingerprint density at radius 2 is 2.15 bits per heavy atom. The zero-order valence-electron chi connectivity index (χ0n) is 14.8. The first-order valence-corrected chi connectivity index (χ1v) is 9.14. The van der Waals surface area contributed by atoms with E-state index in [-0.39, 0.29) is 6.04 Å². The second kappa shape index (κ2) is 5.86. The molecule has 0 amide bonds. The summed E-state index contributed by atoms with van der Waals surface area (Å²) in [6.07, 6.45) is 7.99. The highest BCUT2D eigenvalue weighted by Crippen LogP contribution is 2.27. The van der Waals surface area contributed by atoms with Crippen molar-refractivity contribution >= 4 is 23.6 Å². The van der Waals surface area contributed by atoms with Crippen LogP contribution in [0.1, 0.15) is 11.1 Å². The minimum absolute atomic E-state index is 0.239. The minimum atomic E-state index is 0.239. The van der Waals surface area contributed by atoms with Crippen molar-refractivity contribution in [3.05, 3.63) is 41.7 Å². The summed E-state index contributed by atoms with van der Waals surface area (Å²) in [5.74, 6) is 2.23. The lowest BCUT2D eigenvalue weighted by atomic mass is 10.0. The molecule has 0 saturated heterocycles. The van der Waals surface area contributed by atoms with Gasteiger partial charge in [-0.3, -0.25) is 15.0 Å². The fourth-order valence-electron chi connectivity index (χ4n) is 4.29. The number of fused-ring (bicyclic) bond motifs is 2. The molecule has 3 atom stereocenters. The second-order valence-corrected chi connectivity index (χ2v) is 7.44. The monoisotopic (exact) mass is 349 g/mol. The molecule has 1 aromatic carbocycles. The molecule has 3 unspecified atom stereocenters. The van der Waals surface area contributed by atoms with Crippen molar-refractivity contribution in [3.63, 3.8) is 0 Å². The number of nitrogens with zero attached hydrogens (tertiary/aromatic N) is 5. The van der Waals surface area contributed by atoms with Gasteiger partial charge in [-0.25, -0.2) is 0 Å². The number of hydrazone groups is 1. The maximum atomic E-state index is 5.92. The Labute approximate surface area is 153 Å². The molecule has 0 saturated carbocycles. The van der Waals surface area contributed by atoms with Crippen LogP contribution in [0.5, 0.6) is 0 Å². The zero-order chi connectivity index (χ0) is 17.7. The maximum absolute atomic E-state index is 5.92. The number of nitrogen functional groups attached to an aromatic ring is 1. The molecule has 1 aliphatic carbocycles. The van der Waals surface area contributed by atoms with E-state index < -0.39 is 0 Å². The average Bonchev–Trinajstić information content (AvgIpc) is 3.32. The molecule has 7 heteroatoms. The van der Waals surface area contributed by atoms with E-state index in [0.29, 0.717) is 12.0 Å². The third-order valence-electron chi connectivity index (χ3n) is 5.57. The van der Waals surface area contributed by atoms with Crippen LogP contribution >= 0.6 is 0 Å². The van der Waals surface area contributed by atoms with Crippen LogP contribution in [0.15, 0.2) is 45.7 Å². The molecule has 134 valence electrons. The molecule has 26 heavy (non-hydrogen) atoms. The lowest BCUT2D eigenvalue weighted by molar-refractivity contribution is 0.298. The van der Waals surface area contributed by atoms with Crippen molar-refractivity contribution in [2.45, 2.75) is 24.9 Å². The quantitative estimate of drug-likeness (QED) is 0.775. The molecule has 4 aliphatic rings. The average molecular weight is 349 g/mol. The standard InChI is InChI=1S/C19H23N7/c1-25-11-14(9-23-25)17-10-22-19-18(21-4-5-26(17)19)24-16-7-12-2-3-15(20)6-13(12)8-16/h2-6,9,14,16-17H,7-8,10-11,20H2,1H3,(H,21,24). The number of nitrogens with one attached hydrogen (secondary N) is 1. The van der Waals surface area contributed by atoms with Gasteiger partial charge in [-0.2, -0.15) is 5.10 Å². The van der Waals surface area contributed by atoms with Gasteiger partial charge in [0.1, 0.15) is 0 Å². The Morgan fingerprint density at radius 1 is 1.27 bits per heavy atom. The number of amidine groups is 2. The Kier molecular flexibility index (Phi) is 3.48. The highest BCUT2D eigenvalue weighted by atomic mass is 15.5. The van der Waals surface area contributed by atoms with Gasteiger partial charge in [0.25, 0.3) is 0 Å². The van der Waals surface area contributed by atoms with Gasteiger partial charge in [0.2, 0.25) is 0 Å². The summed E-state index contributed by atoms with van der Waals surface area (Å²) in [6.45, 7) is 1.73. The van der Waals surface area contributed by atoms with Gasteiger partial charge >= 0.3 is 0 Å². The molecule has 0 fully saturated rings. The zero-order valence-corrected chi connectivity index (χ0v) is 14.8. The Bertz CT molecular complexity index is 853. The Balaban J connectivity index is 1.35. The first-order chi connectivity index (χ1) is 12.7. The number of rotatable bonds is 2. The second-order valence-electron chi connectivity index (χ2n) is 7.44. The van der Waals surface area contributed by atoms with Gasteiger partial charge in [-0.05, 0) is 36.1 Å². The number of anilines is 1. The van der Waals surface area contributed by atoms with Gasteiger partial charge in [-0.1, -0.05) is 6.07 Å². The summed E-state index contributed by atoms with van der Waals surface area (Å²) in [7, 11) is 2.01. The van der Waals surface area contributed by atoms with Crippen LogP contribution < -0.4 is 11.1 Å². The van der Waals surface area contributed by atoms with E-state index in [2.05, 4.69) is 33.7 Å². The number of hydrogen-bond donors (Lipinski definition) is 2. The maximum Gasteiger partial charge on any atom is 0.171 e. The molecule has 5 rings (SSSR count). The summed E-state index contributed by atoms with van der Waals surface area (Å²) >= 11 is 0. The SMILES string of the molecule is CN1CC(C2CN=C3C(=NC4Cc5ccc(N)cc5C4)NC=CN32)C=N1. The summed E-state index contributed by atoms with van der Waals surface area (Å²) in [4.78, 5) is 12.0. The molecule has 0 radical (unpaired) electrons. The molecule has 7 nitrogen and oxygen atoms in total. The van der Waals surface area contributed by atoms with Crippen molar-refractivity contribution in [1.29, 1.82) is 0 Å². The lowest BCUT2D eigenvalue weighted by Gasteiger charge is -2.30. The van der Waals surface area contributed by atoms with Crippen LogP contribution in [0.3, 0.4) is 0 Å². The third-order valence-corrected chi connectivity index (χ3v) is 5.57. The van der Waals surface area contributed by atoms with Crippen LogP contribution in [0, 0.1) is 5.92 Å². The van der Waals surface area contributed by atoms with E-state index in [1.807, 2.05) is 30.5 Å². The van der Waals surface area contributed by atoms with Crippen molar-refractivity contribution in [2.24, 2.45) is 21.0 Å². The van der Waals surface area contributed by atoms with Gasteiger partial charge in [0.05, 0.1) is 18.6 Å². The first kappa shape index (κ1) is 15.4. The fourth-order valence-corrected chi connectivity index (χ4v) is 4.29. The van der Waals surface area contributed by atoms with Gasteiger partial charge in [-0.15, -0.1) is 0 Å².